The maximum atomic E-state index is 14.0. The molecule has 17 heteroatoms. The first-order valence-electron chi connectivity index (χ1n) is 9.61. The van der Waals surface area contributed by atoms with E-state index in [4.69, 9.17) is 0 Å². The molecule has 0 aromatic rings. The second-order valence-electron chi connectivity index (χ2n) is 7.31. The van der Waals surface area contributed by atoms with Crippen molar-refractivity contribution in [1.82, 2.24) is 10.2 Å². The number of nitrogens with zero attached hydrogens (tertiary/aromatic N) is 1. The van der Waals surface area contributed by atoms with Crippen LogP contribution in [0.15, 0.2) is 12.2 Å². The third-order valence-corrected chi connectivity index (χ3v) is 5.50. The molecule has 1 aliphatic heterocycles. The van der Waals surface area contributed by atoms with Gasteiger partial charge in [0, 0.05) is 38.2 Å². The predicted molar refractivity (Wildman–Crippen MR) is 98.5 cm³/mol. The van der Waals surface area contributed by atoms with E-state index >= 15 is 0 Å². The van der Waals surface area contributed by atoms with Crippen molar-refractivity contribution in [2.75, 3.05) is 32.8 Å². The summed E-state index contributed by atoms with van der Waals surface area (Å²) in [5.41, 5.74) is -0.522. The lowest BCUT2D eigenvalue weighted by Crippen LogP contribution is -2.64. The zero-order valence-corrected chi connectivity index (χ0v) is 18.5. The molecule has 0 aromatic heterocycles. The maximum Gasteiger partial charge on any atom is 0.466 e. The van der Waals surface area contributed by atoms with Crippen LogP contribution in [0, 0.1) is 0 Å². The summed E-state index contributed by atoms with van der Waals surface area (Å²) < 4.78 is 135. The molecule has 1 aliphatic rings. The summed E-state index contributed by atoms with van der Waals surface area (Å²) in [5, 5.41) is -3.17. The Morgan fingerprint density at radius 1 is 1.06 bits per heavy atom. The molecule has 1 saturated heterocycles. The Balaban J connectivity index is 3.05. The molecule has 0 aliphatic carbocycles. The van der Waals surface area contributed by atoms with E-state index in [-0.39, 0.29) is 26.2 Å². The number of halogens is 7. The zero-order valence-electron chi connectivity index (χ0n) is 17.7. The highest BCUT2D eigenvalue weighted by atomic mass is 32.2. The highest BCUT2D eigenvalue weighted by Gasteiger charge is 2.67. The summed E-state index contributed by atoms with van der Waals surface area (Å²) in [5.74, 6) is -12.9. The lowest BCUT2D eigenvalue weighted by Gasteiger charge is -2.38. The lowest BCUT2D eigenvalue weighted by atomic mass is 10.1. The van der Waals surface area contributed by atoms with E-state index in [2.05, 4.69) is 21.4 Å². The van der Waals surface area contributed by atoms with Crippen LogP contribution in [0.5, 0.6) is 0 Å². The number of esters is 1. The van der Waals surface area contributed by atoms with E-state index in [0.717, 1.165) is 6.92 Å². The molecule has 9 nitrogen and oxygen atoms in total. The largest absolute Gasteiger partial charge is 0.743 e. The second kappa shape index (κ2) is 10.7. The third kappa shape index (κ3) is 6.57. The number of carbonyl (C=O) groups is 2. The number of nitrogens with one attached hydrogen (secondary N) is 1. The van der Waals surface area contributed by atoms with Gasteiger partial charge in [-0.25, -0.2) is 13.2 Å². The van der Waals surface area contributed by atoms with E-state index in [0.29, 0.717) is 4.90 Å². The molecular weight excluding hydrogens is 509 g/mol. The van der Waals surface area contributed by atoms with Gasteiger partial charge in [-0.15, -0.1) is 0 Å². The molecule has 0 radical (unpaired) electrons. The van der Waals surface area contributed by atoms with E-state index in [1.165, 1.54) is 0 Å². The number of amides is 1. The van der Waals surface area contributed by atoms with Crippen LogP contribution in [0.3, 0.4) is 0 Å². The van der Waals surface area contributed by atoms with Crippen molar-refractivity contribution in [1.29, 1.82) is 0 Å². The van der Waals surface area contributed by atoms with Crippen LogP contribution in [0.2, 0.25) is 0 Å². The Morgan fingerprint density at radius 2 is 1.59 bits per heavy atom. The van der Waals surface area contributed by atoms with Crippen LogP contribution in [0.4, 0.5) is 30.7 Å². The van der Waals surface area contributed by atoms with Gasteiger partial charge in [-0.2, -0.15) is 30.7 Å². The first kappa shape index (κ1) is 30.1. The molecule has 34 heavy (non-hydrogen) atoms. The Hall–Kier alpha value is -1.98. The molecule has 1 unspecified atom stereocenters. The molecule has 0 aromatic carbocycles. The van der Waals surface area contributed by atoms with Crippen molar-refractivity contribution in [3.63, 3.8) is 0 Å². The molecule has 1 N–H and O–H groups in total. The molecule has 198 valence electrons. The number of ether oxygens (including phenoxy) is 2. The summed E-state index contributed by atoms with van der Waals surface area (Å²) in [4.78, 5) is 25.3. The monoisotopic (exact) mass is 531 g/mol. The molecule has 1 heterocycles. The predicted octanol–water partition coefficient (Wildman–Crippen LogP) is 1.76. The molecule has 0 spiro atoms. The molecule has 0 bridgehead atoms. The number of hydrogen-bond donors (Lipinski definition) is 1. The summed E-state index contributed by atoms with van der Waals surface area (Å²) in [6.07, 6.45) is -9.42. The van der Waals surface area contributed by atoms with Crippen molar-refractivity contribution >= 4 is 22.0 Å². The molecule has 1 fully saturated rings. The second-order valence-corrected chi connectivity index (χ2v) is 8.73. The number of hydrogen-bond acceptors (Lipinski definition) is 8. The van der Waals surface area contributed by atoms with Crippen molar-refractivity contribution < 1.29 is 62.8 Å². The van der Waals surface area contributed by atoms with Crippen LogP contribution in [-0.4, -0.2) is 85.7 Å². The molecule has 1 rings (SSSR count). The smallest absolute Gasteiger partial charge is 0.466 e. The summed E-state index contributed by atoms with van der Waals surface area (Å²) >= 11 is 0. The average Bonchev–Trinajstić information content (AvgIpc) is 2.70. The van der Waals surface area contributed by atoms with Gasteiger partial charge in [0.15, 0.2) is 10.1 Å². The van der Waals surface area contributed by atoms with Gasteiger partial charge in [0.2, 0.25) is 0 Å². The Bertz CT molecular complexity index is 874. The van der Waals surface area contributed by atoms with Crippen LogP contribution in [-0.2, 0) is 29.2 Å². The number of rotatable bonds is 11. The fraction of sp³-hybridized carbons (Fsp3) is 0.765. The van der Waals surface area contributed by atoms with Crippen LogP contribution >= 0.6 is 0 Å². The summed E-state index contributed by atoms with van der Waals surface area (Å²) in [6, 6.07) is 0. The van der Waals surface area contributed by atoms with Crippen molar-refractivity contribution in [2.45, 2.75) is 49.3 Å². The fourth-order valence-electron chi connectivity index (χ4n) is 2.68. The quantitative estimate of drug-likeness (QED) is 0.107. The zero-order chi connectivity index (χ0) is 26.6. The van der Waals surface area contributed by atoms with Gasteiger partial charge in [0.1, 0.15) is 0 Å². The fourth-order valence-corrected chi connectivity index (χ4v) is 3.15. The average molecular weight is 531 g/mol. The highest BCUT2D eigenvalue weighted by molar-refractivity contribution is 7.86. The Labute approximate surface area is 190 Å². The Morgan fingerprint density at radius 3 is 2.03 bits per heavy atom. The van der Waals surface area contributed by atoms with Gasteiger partial charge < -0.3 is 24.2 Å². The van der Waals surface area contributed by atoms with Crippen molar-refractivity contribution in [3.05, 3.63) is 12.2 Å². The first-order chi connectivity index (χ1) is 15.3. The van der Waals surface area contributed by atoms with E-state index < -0.39 is 76.6 Å². The van der Waals surface area contributed by atoms with Gasteiger partial charge >= 0.3 is 35.0 Å². The summed E-state index contributed by atoms with van der Waals surface area (Å²) in [7, 11) is -6.73. The van der Waals surface area contributed by atoms with Crippen molar-refractivity contribution in [2.24, 2.45) is 0 Å². The highest BCUT2D eigenvalue weighted by Crippen LogP contribution is 2.42. The third-order valence-electron chi connectivity index (χ3n) is 4.57. The standard InChI is InChI=1S/C17H23F7N2O7S/c1-11(2)12(27)33-15(16(20,21)22,13(28)26-8-6-25-7-9-26)32-10-4-3-5-14(18,19)17(23,24)34(29,30)31/h25H,1,3-10H2,2H3,(H,29,30,31)/p-1. The van der Waals surface area contributed by atoms with Crippen LogP contribution in [0.1, 0.15) is 26.2 Å². The normalized spacial score (nSPS) is 17.7. The summed E-state index contributed by atoms with van der Waals surface area (Å²) in [6.45, 7) is 2.71. The van der Waals surface area contributed by atoms with Crippen molar-refractivity contribution in [3.8, 4) is 0 Å². The van der Waals surface area contributed by atoms with E-state index in [1.54, 1.807) is 0 Å². The Kier molecular flexibility index (Phi) is 9.49. The number of carbonyl (C=O) groups excluding carboxylic acids is 2. The number of unbranched alkanes of at least 4 members (excludes halogenated alkanes) is 1. The number of alkyl halides is 7. The van der Waals surface area contributed by atoms with Gasteiger partial charge in [0.25, 0.3) is 0 Å². The number of piperazine rings is 1. The van der Waals surface area contributed by atoms with Crippen LogP contribution < -0.4 is 5.32 Å². The first-order valence-corrected chi connectivity index (χ1v) is 11.0. The molecular formula is C17H22F7N2O7S-. The molecule has 1 atom stereocenters. The van der Waals surface area contributed by atoms with Gasteiger partial charge in [0.05, 0.1) is 6.61 Å². The van der Waals surface area contributed by atoms with E-state index in [9.17, 15) is 53.3 Å². The minimum atomic E-state index is -6.73. The SMILES string of the molecule is C=C(C)C(=O)OC(OCCCCC(F)(F)C(F)(F)S(=O)(=O)[O-])(C(=O)N1CCNCC1)C(F)(F)F. The minimum Gasteiger partial charge on any atom is -0.743 e. The molecule has 0 saturated carbocycles. The van der Waals surface area contributed by atoms with E-state index in [1.807, 2.05) is 0 Å². The topological polar surface area (TPSA) is 125 Å². The van der Waals surface area contributed by atoms with Gasteiger partial charge in [-0.05, 0) is 19.8 Å². The van der Waals surface area contributed by atoms with Gasteiger partial charge in [-0.1, -0.05) is 6.58 Å². The lowest BCUT2D eigenvalue weighted by molar-refractivity contribution is -0.350. The maximum absolute atomic E-state index is 14.0. The van der Waals surface area contributed by atoms with Gasteiger partial charge in [-0.3, -0.25) is 4.79 Å². The van der Waals surface area contributed by atoms with Crippen LogP contribution in [0.25, 0.3) is 0 Å². The molecule has 1 amide bonds. The minimum absolute atomic E-state index is 0.111.